The molecule has 0 spiro atoms. The minimum absolute atomic E-state index is 0.266. The van der Waals surface area contributed by atoms with Gasteiger partial charge in [-0.15, -0.1) is 0 Å². The molecule has 0 bridgehead atoms. The number of benzene rings is 3. The number of carbonyl (C=O) groups excluding carboxylic acids is 2. The maximum Gasteiger partial charge on any atom is 0.247 e. The number of amides is 2. The van der Waals surface area contributed by atoms with Crippen LogP contribution < -0.4 is 22.1 Å². The Kier molecular flexibility index (Phi) is 9.82. The Morgan fingerprint density at radius 2 is 1.26 bits per heavy atom. The van der Waals surface area contributed by atoms with Crippen molar-refractivity contribution in [3.63, 3.8) is 0 Å². The molecule has 3 rings (SSSR count). The van der Waals surface area contributed by atoms with E-state index < -0.39 is 18.0 Å². The predicted octanol–water partition coefficient (Wildman–Crippen LogP) is 3.18. The summed E-state index contributed by atoms with van der Waals surface area (Å²) in [5.41, 5.74) is 15.5. The number of aryl methyl sites for hydroxylation is 1. The minimum atomic E-state index is -0.858. The van der Waals surface area contributed by atoms with Crippen LogP contribution in [0, 0.1) is 0 Å². The SMILES string of the molecule is NCCCCc1ccc(CCNC(=O)[C@H](NC(=O)[C@H](N)c2ccccc2)c2ccccc2)cc1. The number of hydrogen-bond acceptors (Lipinski definition) is 4. The van der Waals surface area contributed by atoms with Gasteiger partial charge in [-0.05, 0) is 54.5 Å². The summed E-state index contributed by atoms with van der Waals surface area (Å²) < 4.78 is 0. The third-order valence-electron chi connectivity index (χ3n) is 5.78. The van der Waals surface area contributed by atoms with Gasteiger partial charge in [0.1, 0.15) is 12.1 Å². The van der Waals surface area contributed by atoms with E-state index in [-0.39, 0.29) is 5.91 Å². The van der Waals surface area contributed by atoms with E-state index >= 15 is 0 Å². The van der Waals surface area contributed by atoms with Gasteiger partial charge in [0, 0.05) is 6.54 Å². The Balaban J connectivity index is 1.58. The summed E-state index contributed by atoms with van der Waals surface area (Å²) in [7, 11) is 0. The normalized spacial score (nSPS) is 12.5. The van der Waals surface area contributed by atoms with Gasteiger partial charge >= 0.3 is 0 Å². The van der Waals surface area contributed by atoms with Gasteiger partial charge in [0.05, 0.1) is 0 Å². The minimum Gasteiger partial charge on any atom is -0.354 e. The average Bonchev–Trinajstić information content (AvgIpc) is 2.88. The first kappa shape index (κ1) is 25.1. The largest absolute Gasteiger partial charge is 0.354 e. The highest BCUT2D eigenvalue weighted by atomic mass is 16.2. The van der Waals surface area contributed by atoms with Crippen molar-refractivity contribution in [3.8, 4) is 0 Å². The first-order chi connectivity index (χ1) is 16.6. The summed E-state index contributed by atoms with van der Waals surface area (Å²) >= 11 is 0. The fraction of sp³-hybridized carbons (Fsp3) is 0.286. The van der Waals surface area contributed by atoms with Crippen molar-refractivity contribution in [2.45, 2.75) is 37.8 Å². The Morgan fingerprint density at radius 3 is 1.85 bits per heavy atom. The van der Waals surface area contributed by atoms with Gasteiger partial charge in [-0.2, -0.15) is 0 Å². The molecule has 0 fully saturated rings. The summed E-state index contributed by atoms with van der Waals surface area (Å²) in [5.74, 6) is -0.668. The lowest BCUT2D eigenvalue weighted by atomic mass is 10.0. The lowest BCUT2D eigenvalue weighted by Gasteiger charge is -2.21. The van der Waals surface area contributed by atoms with E-state index in [0.717, 1.165) is 31.4 Å². The summed E-state index contributed by atoms with van der Waals surface area (Å²) in [5, 5.41) is 5.79. The zero-order chi connectivity index (χ0) is 24.2. The van der Waals surface area contributed by atoms with Crippen LogP contribution in [0.25, 0.3) is 0 Å². The zero-order valence-corrected chi connectivity index (χ0v) is 19.5. The molecule has 0 saturated carbocycles. The van der Waals surface area contributed by atoms with Crippen molar-refractivity contribution in [1.82, 2.24) is 10.6 Å². The van der Waals surface area contributed by atoms with Gasteiger partial charge in [0.2, 0.25) is 11.8 Å². The summed E-state index contributed by atoms with van der Waals surface area (Å²) in [6.07, 6.45) is 3.85. The van der Waals surface area contributed by atoms with E-state index in [4.69, 9.17) is 11.5 Å². The second kappa shape index (κ2) is 13.3. The van der Waals surface area contributed by atoms with Gasteiger partial charge in [-0.25, -0.2) is 0 Å². The van der Waals surface area contributed by atoms with Crippen LogP contribution in [-0.4, -0.2) is 24.9 Å². The van der Waals surface area contributed by atoms with E-state index in [1.54, 1.807) is 12.1 Å². The highest BCUT2D eigenvalue weighted by Gasteiger charge is 2.25. The summed E-state index contributed by atoms with van der Waals surface area (Å²) in [4.78, 5) is 25.9. The number of unbranched alkanes of at least 4 members (excludes halogenated alkanes) is 1. The molecule has 2 atom stereocenters. The molecule has 6 N–H and O–H groups in total. The quantitative estimate of drug-likeness (QED) is 0.312. The third kappa shape index (κ3) is 7.54. The van der Waals surface area contributed by atoms with Crippen LogP contribution in [0.15, 0.2) is 84.9 Å². The van der Waals surface area contributed by atoms with Crippen LogP contribution >= 0.6 is 0 Å². The molecule has 0 radical (unpaired) electrons. The van der Waals surface area contributed by atoms with Gasteiger partial charge < -0.3 is 22.1 Å². The van der Waals surface area contributed by atoms with E-state index in [2.05, 4.69) is 34.9 Å². The molecule has 0 aliphatic rings. The van der Waals surface area contributed by atoms with Crippen LogP contribution in [0.3, 0.4) is 0 Å². The van der Waals surface area contributed by atoms with Crippen molar-refractivity contribution in [3.05, 3.63) is 107 Å². The first-order valence-electron chi connectivity index (χ1n) is 11.8. The fourth-order valence-electron chi connectivity index (χ4n) is 3.77. The molecule has 0 saturated heterocycles. The van der Waals surface area contributed by atoms with Crippen LogP contribution in [0.5, 0.6) is 0 Å². The fourth-order valence-corrected chi connectivity index (χ4v) is 3.77. The molecule has 0 heterocycles. The van der Waals surface area contributed by atoms with Crippen molar-refractivity contribution in [2.75, 3.05) is 13.1 Å². The summed E-state index contributed by atoms with van der Waals surface area (Å²) in [6, 6.07) is 25.1. The maximum atomic E-state index is 13.1. The second-order valence-electron chi connectivity index (χ2n) is 8.34. The lowest BCUT2D eigenvalue weighted by molar-refractivity contribution is -0.129. The molecule has 34 heavy (non-hydrogen) atoms. The Morgan fingerprint density at radius 1 is 0.706 bits per heavy atom. The maximum absolute atomic E-state index is 13.1. The molecule has 0 aliphatic carbocycles. The monoisotopic (exact) mass is 458 g/mol. The van der Waals surface area contributed by atoms with E-state index in [0.29, 0.717) is 24.1 Å². The van der Waals surface area contributed by atoms with E-state index in [9.17, 15) is 9.59 Å². The number of hydrogen-bond donors (Lipinski definition) is 4. The molecule has 178 valence electrons. The molecule has 0 aromatic heterocycles. The predicted molar refractivity (Wildman–Crippen MR) is 136 cm³/mol. The molecule has 6 heteroatoms. The van der Waals surface area contributed by atoms with E-state index in [1.165, 1.54) is 5.56 Å². The average molecular weight is 459 g/mol. The number of nitrogens with two attached hydrogens (primary N) is 2. The number of nitrogens with one attached hydrogen (secondary N) is 2. The Hall–Kier alpha value is -3.48. The van der Waals surface area contributed by atoms with Crippen LogP contribution in [-0.2, 0) is 22.4 Å². The molecular weight excluding hydrogens is 424 g/mol. The third-order valence-corrected chi connectivity index (χ3v) is 5.78. The van der Waals surface area contributed by atoms with Crippen molar-refractivity contribution < 1.29 is 9.59 Å². The molecule has 3 aromatic rings. The Bertz CT molecular complexity index is 1020. The van der Waals surface area contributed by atoms with E-state index in [1.807, 2.05) is 48.5 Å². The lowest BCUT2D eigenvalue weighted by Crippen LogP contribution is -2.44. The van der Waals surface area contributed by atoms with Gasteiger partial charge in [-0.3, -0.25) is 9.59 Å². The zero-order valence-electron chi connectivity index (χ0n) is 19.5. The van der Waals surface area contributed by atoms with Crippen molar-refractivity contribution in [1.29, 1.82) is 0 Å². The number of carbonyl (C=O) groups is 2. The molecule has 3 aromatic carbocycles. The topological polar surface area (TPSA) is 110 Å². The molecule has 6 nitrogen and oxygen atoms in total. The first-order valence-corrected chi connectivity index (χ1v) is 11.8. The number of rotatable bonds is 12. The van der Waals surface area contributed by atoms with Crippen LogP contribution in [0.2, 0.25) is 0 Å². The molecule has 0 aliphatic heterocycles. The van der Waals surface area contributed by atoms with Crippen LogP contribution in [0.1, 0.15) is 47.2 Å². The molecular formula is C28H34N4O2. The molecule has 0 unspecified atom stereocenters. The highest BCUT2D eigenvalue weighted by Crippen LogP contribution is 2.16. The van der Waals surface area contributed by atoms with Crippen molar-refractivity contribution in [2.24, 2.45) is 11.5 Å². The smallest absolute Gasteiger partial charge is 0.247 e. The second-order valence-corrected chi connectivity index (χ2v) is 8.34. The molecule has 2 amide bonds. The van der Waals surface area contributed by atoms with Crippen LogP contribution in [0.4, 0.5) is 0 Å². The van der Waals surface area contributed by atoms with Crippen molar-refractivity contribution >= 4 is 11.8 Å². The van der Waals surface area contributed by atoms with Gasteiger partial charge in [0.15, 0.2) is 0 Å². The Labute approximate surface area is 201 Å². The van der Waals surface area contributed by atoms with Gasteiger partial charge in [0.25, 0.3) is 0 Å². The highest BCUT2D eigenvalue weighted by molar-refractivity contribution is 5.91. The summed E-state index contributed by atoms with van der Waals surface area (Å²) in [6.45, 7) is 1.19. The van der Waals surface area contributed by atoms with Gasteiger partial charge in [-0.1, -0.05) is 84.9 Å². The standard InChI is InChI=1S/C28H34N4O2/c29-19-8-7-9-21-14-16-22(17-15-21)18-20-31-28(34)26(24-12-5-2-6-13-24)32-27(33)25(30)23-10-3-1-4-11-23/h1-6,10-17,25-26H,7-9,18-20,29-30H2,(H,31,34)(H,32,33)/t25-,26-/m1/s1.